The Morgan fingerprint density at radius 2 is 1.94 bits per heavy atom. The first kappa shape index (κ1) is 13.5. The van der Waals surface area contributed by atoms with Crippen LogP contribution >= 0.6 is 27.5 Å². The summed E-state index contributed by atoms with van der Waals surface area (Å²) in [6, 6.07) is 11.2. The average molecular weight is 330 g/mol. The predicted octanol–water partition coefficient (Wildman–Crippen LogP) is 4.50. The third kappa shape index (κ3) is 2.58. The van der Waals surface area contributed by atoms with Gasteiger partial charge in [0.2, 0.25) is 0 Å². The number of hydrogen-bond donors (Lipinski definition) is 1. The van der Waals surface area contributed by atoms with Crippen LogP contribution in [0.1, 0.15) is 18.1 Å². The van der Waals surface area contributed by atoms with Crippen LogP contribution in [0.15, 0.2) is 46.9 Å². The molecule has 2 rings (SSSR count). The standard InChI is InChI=1S/C14H11BrClFO/c1-14(18,9-3-2-4-11(16)7-9)12-8-10(15)5-6-13(12)17/h2-8,18H,1H3. The molecule has 2 aromatic carbocycles. The van der Waals surface area contributed by atoms with Crippen molar-refractivity contribution in [2.45, 2.75) is 12.5 Å². The van der Waals surface area contributed by atoms with Crippen molar-refractivity contribution in [1.82, 2.24) is 0 Å². The van der Waals surface area contributed by atoms with Crippen molar-refractivity contribution >= 4 is 27.5 Å². The van der Waals surface area contributed by atoms with Crippen molar-refractivity contribution in [3.05, 3.63) is 68.9 Å². The van der Waals surface area contributed by atoms with E-state index in [4.69, 9.17) is 11.6 Å². The first-order valence-corrected chi connectivity index (χ1v) is 6.52. The van der Waals surface area contributed by atoms with Gasteiger partial charge in [-0.3, -0.25) is 0 Å². The molecular weight excluding hydrogens is 319 g/mol. The maximum Gasteiger partial charge on any atom is 0.129 e. The van der Waals surface area contributed by atoms with E-state index in [1.165, 1.54) is 6.07 Å². The van der Waals surface area contributed by atoms with Gasteiger partial charge in [-0.25, -0.2) is 4.39 Å². The predicted molar refractivity (Wildman–Crippen MR) is 74.2 cm³/mol. The molecule has 1 nitrogen and oxygen atoms in total. The highest BCUT2D eigenvalue weighted by Gasteiger charge is 2.29. The van der Waals surface area contributed by atoms with Crippen LogP contribution in [-0.2, 0) is 5.60 Å². The minimum atomic E-state index is -1.43. The minimum Gasteiger partial charge on any atom is -0.381 e. The van der Waals surface area contributed by atoms with Crippen molar-refractivity contribution in [3.8, 4) is 0 Å². The molecular formula is C14H11BrClFO. The second kappa shape index (κ2) is 5.00. The normalized spacial score (nSPS) is 14.3. The Morgan fingerprint density at radius 3 is 2.61 bits per heavy atom. The third-order valence-electron chi connectivity index (χ3n) is 2.84. The Kier molecular flexibility index (Phi) is 3.76. The van der Waals surface area contributed by atoms with E-state index < -0.39 is 11.4 Å². The number of rotatable bonds is 2. The second-order valence-electron chi connectivity index (χ2n) is 4.21. The van der Waals surface area contributed by atoms with E-state index in [2.05, 4.69) is 15.9 Å². The highest BCUT2D eigenvalue weighted by atomic mass is 79.9. The van der Waals surface area contributed by atoms with Gasteiger partial charge in [0.1, 0.15) is 11.4 Å². The van der Waals surface area contributed by atoms with Gasteiger partial charge in [0.25, 0.3) is 0 Å². The molecule has 94 valence electrons. The molecule has 0 bridgehead atoms. The summed E-state index contributed by atoms with van der Waals surface area (Å²) in [4.78, 5) is 0. The molecule has 1 N–H and O–H groups in total. The van der Waals surface area contributed by atoms with E-state index in [9.17, 15) is 9.50 Å². The van der Waals surface area contributed by atoms with Crippen molar-refractivity contribution in [2.75, 3.05) is 0 Å². The fourth-order valence-electron chi connectivity index (χ4n) is 1.82. The van der Waals surface area contributed by atoms with E-state index in [-0.39, 0.29) is 5.56 Å². The van der Waals surface area contributed by atoms with Crippen molar-refractivity contribution < 1.29 is 9.50 Å². The molecule has 2 aromatic rings. The monoisotopic (exact) mass is 328 g/mol. The van der Waals surface area contributed by atoms with Crippen LogP contribution in [0.2, 0.25) is 5.02 Å². The van der Waals surface area contributed by atoms with Crippen LogP contribution < -0.4 is 0 Å². The molecule has 0 saturated carbocycles. The first-order chi connectivity index (χ1) is 8.41. The van der Waals surface area contributed by atoms with E-state index in [0.29, 0.717) is 15.1 Å². The Morgan fingerprint density at radius 1 is 1.22 bits per heavy atom. The smallest absolute Gasteiger partial charge is 0.129 e. The SMILES string of the molecule is CC(O)(c1cccc(Cl)c1)c1cc(Br)ccc1F. The van der Waals surface area contributed by atoms with Crippen LogP contribution in [0.5, 0.6) is 0 Å². The first-order valence-electron chi connectivity index (χ1n) is 5.35. The molecule has 0 fully saturated rings. The van der Waals surface area contributed by atoms with E-state index in [1.807, 2.05) is 0 Å². The quantitative estimate of drug-likeness (QED) is 0.860. The number of hydrogen-bond acceptors (Lipinski definition) is 1. The Balaban J connectivity index is 2.57. The molecule has 0 spiro atoms. The minimum absolute atomic E-state index is 0.208. The second-order valence-corrected chi connectivity index (χ2v) is 5.56. The summed E-state index contributed by atoms with van der Waals surface area (Å²) in [5.74, 6) is -0.455. The van der Waals surface area contributed by atoms with Crippen molar-refractivity contribution in [1.29, 1.82) is 0 Å². The molecule has 0 radical (unpaired) electrons. The zero-order chi connectivity index (χ0) is 13.3. The Labute approximate surface area is 118 Å². The van der Waals surface area contributed by atoms with E-state index in [0.717, 1.165) is 0 Å². The molecule has 0 heterocycles. The fourth-order valence-corrected chi connectivity index (χ4v) is 2.37. The molecule has 0 aliphatic carbocycles. The topological polar surface area (TPSA) is 20.2 Å². The van der Waals surface area contributed by atoms with Gasteiger partial charge in [0.05, 0.1) is 0 Å². The van der Waals surface area contributed by atoms with Gasteiger partial charge in [-0.05, 0) is 42.8 Å². The van der Waals surface area contributed by atoms with E-state index >= 15 is 0 Å². The third-order valence-corrected chi connectivity index (χ3v) is 3.57. The maximum atomic E-state index is 13.8. The van der Waals surface area contributed by atoms with Crippen LogP contribution in [0.25, 0.3) is 0 Å². The molecule has 0 aliphatic rings. The molecule has 0 saturated heterocycles. The Bertz CT molecular complexity index is 584. The van der Waals surface area contributed by atoms with Crippen molar-refractivity contribution in [2.24, 2.45) is 0 Å². The molecule has 18 heavy (non-hydrogen) atoms. The summed E-state index contributed by atoms with van der Waals surface area (Å²) in [5, 5.41) is 11.1. The summed E-state index contributed by atoms with van der Waals surface area (Å²) in [5.41, 5.74) is -0.676. The lowest BCUT2D eigenvalue weighted by Gasteiger charge is -2.25. The van der Waals surface area contributed by atoms with Crippen LogP contribution in [0.3, 0.4) is 0 Å². The van der Waals surface area contributed by atoms with Crippen molar-refractivity contribution in [3.63, 3.8) is 0 Å². The van der Waals surface area contributed by atoms with Gasteiger partial charge in [-0.1, -0.05) is 39.7 Å². The number of benzene rings is 2. The lowest BCUT2D eigenvalue weighted by Crippen LogP contribution is -2.24. The summed E-state index contributed by atoms with van der Waals surface area (Å²) in [6.07, 6.45) is 0. The van der Waals surface area contributed by atoms with Gasteiger partial charge in [0.15, 0.2) is 0 Å². The molecule has 0 amide bonds. The number of halogens is 3. The Hall–Kier alpha value is -0.900. The molecule has 4 heteroatoms. The highest BCUT2D eigenvalue weighted by molar-refractivity contribution is 9.10. The fraction of sp³-hybridized carbons (Fsp3) is 0.143. The largest absolute Gasteiger partial charge is 0.381 e. The summed E-state index contributed by atoms with van der Waals surface area (Å²) >= 11 is 9.17. The lowest BCUT2D eigenvalue weighted by atomic mass is 9.88. The van der Waals surface area contributed by atoms with Gasteiger partial charge >= 0.3 is 0 Å². The molecule has 0 aliphatic heterocycles. The molecule has 0 aromatic heterocycles. The highest BCUT2D eigenvalue weighted by Crippen LogP contribution is 2.33. The number of aliphatic hydroxyl groups is 1. The maximum absolute atomic E-state index is 13.8. The molecule has 1 atom stereocenters. The van der Waals surface area contributed by atoms with E-state index in [1.54, 1.807) is 43.3 Å². The summed E-state index contributed by atoms with van der Waals surface area (Å²) in [7, 11) is 0. The molecule has 1 unspecified atom stereocenters. The average Bonchev–Trinajstić information content (AvgIpc) is 2.32. The summed E-state index contributed by atoms with van der Waals surface area (Å²) < 4.78 is 14.5. The van der Waals surface area contributed by atoms with Gasteiger partial charge in [0, 0.05) is 15.1 Å². The zero-order valence-electron chi connectivity index (χ0n) is 9.62. The van der Waals surface area contributed by atoms with Crippen LogP contribution in [0, 0.1) is 5.82 Å². The van der Waals surface area contributed by atoms with Crippen LogP contribution in [0.4, 0.5) is 4.39 Å². The zero-order valence-corrected chi connectivity index (χ0v) is 12.0. The van der Waals surface area contributed by atoms with Gasteiger partial charge in [-0.2, -0.15) is 0 Å². The van der Waals surface area contributed by atoms with Gasteiger partial charge in [-0.15, -0.1) is 0 Å². The lowest BCUT2D eigenvalue weighted by molar-refractivity contribution is 0.0979. The summed E-state index contributed by atoms with van der Waals surface area (Å²) in [6.45, 7) is 1.55. The van der Waals surface area contributed by atoms with Gasteiger partial charge < -0.3 is 5.11 Å². The van der Waals surface area contributed by atoms with Crippen LogP contribution in [-0.4, -0.2) is 5.11 Å².